The molecule has 1 aromatic rings. The van der Waals surface area contributed by atoms with Crippen molar-refractivity contribution in [3.05, 3.63) is 38.3 Å². The summed E-state index contributed by atoms with van der Waals surface area (Å²) in [6.45, 7) is 3.02. The third-order valence-corrected chi connectivity index (χ3v) is 3.79. The quantitative estimate of drug-likeness (QED) is 0.419. The first-order valence-corrected chi connectivity index (χ1v) is 7.01. The van der Waals surface area contributed by atoms with E-state index in [-0.39, 0.29) is 5.57 Å². The molecular weight excluding hydrogens is 380 g/mol. The summed E-state index contributed by atoms with van der Waals surface area (Å²) in [6, 6.07) is 5.44. The molecule has 100 valence electrons. The van der Waals surface area contributed by atoms with Gasteiger partial charge in [-0.2, -0.15) is 0 Å². The van der Waals surface area contributed by atoms with Crippen molar-refractivity contribution in [3.63, 3.8) is 0 Å². The lowest BCUT2D eigenvalue weighted by atomic mass is 10.1. The van der Waals surface area contributed by atoms with Crippen LogP contribution in [0.4, 0.5) is 0 Å². The van der Waals surface area contributed by atoms with E-state index in [4.69, 9.17) is 9.47 Å². The highest BCUT2D eigenvalue weighted by atomic mass is 79.9. The Kier molecular flexibility index (Phi) is 3.82. The number of hydrogen-bond donors (Lipinski definition) is 0. The summed E-state index contributed by atoms with van der Waals surface area (Å²) < 4.78 is 11.6. The van der Waals surface area contributed by atoms with Gasteiger partial charge in [0, 0.05) is 28.4 Å². The number of ether oxygens (including phenoxy) is 2. The summed E-state index contributed by atoms with van der Waals surface area (Å²) >= 11 is 6.71. The molecule has 0 bridgehead atoms. The Balaban J connectivity index is 2.44. The van der Waals surface area contributed by atoms with Crippen molar-refractivity contribution < 1.29 is 19.1 Å². The summed E-state index contributed by atoms with van der Waals surface area (Å²) in [5.74, 6) is -2.61. The third kappa shape index (κ3) is 3.06. The molecule has 0 spiro atoms. The van der Waals surface area contributed by atoms with Crippen LogP contribution >= 0.6 is 31.9 Å². The maximum Gasteiger partial charge on any atom is 0.348 e. The lowest BCUT2D eigenvalue weighted by Crippen LogP contribution is -2.41. The van der Waals surface area contributed by atoms with E-state index in [1.54, 1.807) is 12.1 Å². The van der Waals surface area contributed by atoms with Crippen LogP contribution in [0.1, 0.15) is 19.4 Å². The normalized spacial score (nSPS) is 17.8. The van der Waals surface area contributed by atoms with Crippen LogP contribution in [0.5, 0.6) is 0 Å². The van der Waals surface area contributed by atoms with Gasteiger partial charge in [0.05, 0.1) is 0 Å². The van der Waals surface area contributed by atoms with Crippen LogP contribution in [0, 0.1) is 0 Å². The number of cyclic esters (lactones) is 2. The van der Waals surface area contributed by atoms with Gasteiger partial charge >= 0.3 is 11.9 Å². The van der Waals surface area contributed by atoms with Crippen molar-refractivity contribution in [2.45, 2.75) is 19.6 Å². The van der Waals surface area contributed by atoms with Gasteiger partial charge < -0.3 is 9.47 Å². The van der Waals surface area contributed by atoms with Gasteiger partial charge in [0.25, 0.3) is 5.79 Å². The van der Waals surface area contributed by atoms with Gasteiger partial charge in [-0.05, 0) is 18.2 Å². The number of esters is 2. The molecule has 0 aromatic heterocycles. The van der Waals surface area contributed by atoms with Gasteiger partial charge in [0.2, 0.25) is 0 Å². The smallest absolute Gasteiger partial charge is 0.348 e. The predicted molar refractivity (Wildman–Crippen MR) is 76.1 cm³/mol. The lowest BCUT2D eigenvalue weighted by Gasteiger charge is -2.29. The van der Waals surface area contributed by atoms with E-state index in [1.807, 2.05) is 6.07 Å². The van der Waals surface area contributed by atoms with E-state index < -0.39 is 17.7 Å². The van der Waals surface area contributed by atoms with Crippen molar-refractivity contribution in [1.82, 2.24) is 0 Å². The predicted octanol–water partition coefficient (Wildman–Crippen LogP) is 3.43. The molecule has 0 amide bonds. The molecule has 0 N–H and O–H groups in total. The van der Waals surface area contributed by atoms with Crippen LogP contribution in [0.15, 0.2) is 32.7 Å². The molecule has 19 heavy (non-hydrogen) atoms. The molecule has 1 heterocycles. The van der Waals surface area contributed by atoms with Gasteiger partial charge in [-0.25, -0.2) is 9.59 Å². The van der Waals surface area contributed by atoms with E-state index in [9.17, 15) is 9.59 Å². The van der Waals surface area contributed by atoms with E-state index in [0.29, 0.717) is 5.56 Å². The Bertz CT molecular complexity index is 548. The fourth-order valence-electron chi connectivity index (χ4n) is 1.57. The fraction of sp³-hybridized carbons (Fsp3) is 0.231. The summed E-state index contributed by atoms with van der Waals surface area (Å²) in [7, 11) is 0. The maximum absolute atomic E-state index is 11.8. The largest absolute Gasteiger partial charge is 0.419 e. The monoisotopic (exact) mass is 388 g/mol. The zero-order valence-electron chi connectivity index (χ0n) is 10.2. The number of carbonyl (C=O) groups is 2. The van der Waals surface area contributed by atoms with Crippen molar-refractivity contribution >= 4 is 49.9 Å². The first kappa shape index (κ1) is 14.3. The number of hydrogen-bond acceptors (Lipinski definition) is 4. The second-order valence-electron chi connectivity index (χ2n) is 4.37. The van der Waals surface area contributed by atoms with Crippen molar-refractivity contribution in [2.24, 2.45) is 0 Å². The summed E-state index contributed by atoms with van der Waals surface area (Å²) in [4.78, 5) is 23.7. The summed E-state index contributed by atoms with van der Waals surface area (Å²) in [5, 5.41) is 0. The van der Waals surface area contributed by atoms with Crippen LogP contribution in [0.3, 0.4) is 0 Å². The molecule has 6 heteroatoms. The molecule has 0 radical (unpaired) electrons. The van der Waals surface area contributed by atoms with Crippen molar-refractivity contribution in [1.29, 1.82) is 0 Å². The fourth-order valence-corrected chi connectivity index (χ4v) is 2.80. The number of rotatable bonds is 1. The van der Waals surface area contributed by atoms with E-state index >= 15 is 0 Å². The van der Waals surface area contributed by atoms with Gasteiger partial charge in [-0.3, -0.25) is 0 Å². The number of halogens is 2. The minimum atomic E-state index is -1.23. The highest BCUT2D eigenvalue weighted by molar-refractivity contribution is 9.11. The minimum Gasteiger partial charge on any atom is -0.419 e. The summed E-state index contributed by atoms with van der Waals surface area (Å²) in [6.07, 6.45) is 1.44. The Morgan fingerprint density at radius 2 is 1.53 bits per heavy atom. The van der Waals surface area contributed by atoms with Crippen molar-refractivity contribution in [3.8, 4) is 0 Å². The van der Waals surface area contributed by atoms with Gasteiger partial charge in [0.1, 0.15) is 5.57 Å². The average molecular weight is 390 g/mol. The SMILES string of the molecule is CC1(C)OC(=O)C(=Cc2c(Br)cccc2Br)C(=O)O1. The highest BCUT2D eigenvalue weighted by Crippen LogP contribution is 2.30. The van der Waals surface area contributed by atoms with Gasteiger partial charge in [-0.15, -0.1) is 0 Å². The van der Waals surface area contributed by atoms with Crippen LogP contribution in [0.25, 0.3) is 6.08 Å². The molecule has 0 saturated carbocycles. The second-order valence-corrected chi connectivity index (χ2v) is 6.08. The van der Waals surface area contributed by atoms with Crippen LogP contribution in [-0.4, -0.2) is 17.7 Å². The molecule has 1 fully saturated rings. The van der Waals surface area contributed by atoms with Crippen LogP contribution in [-0.2, 0) is 19.1 Å². The Labute approximate surface area is 127 Å². The summed E-state index contributed by atoms with van der Waals surface area (Å²) in [5.41, 5.74) is 0.540. The Morgan fingerprint density at radius 3 is 2.00 bits per heavy atom. The number of carbonyl (C=O) groups excluding carboxylic acids is 2. The Hall–Kier alpha value is -1.14. The first-order chi connectivity index (χ1) is 8.80. The minimum absolute atomic E-state index is 0.132. The molecule has 2 rings (SSSR count). The molecule has 4 nitrogen and oxygen atoms in total. The number of benzene rings is 1. The molecule has 1 saturated heterocycles. The average Bonchev–Trinajstić information content (AvgIpc) is 2.25. The van der Waals surface area contributed by atoms with Crippen LogP contribution in [0.2, 0.25) is 0 Å². The van der Waals surface area contributed by atoms with Gasteiger partial charge in [-0.1, -0.05) is 37.9 Å². The maximum atomic E-state index is 11.8. The van der Waals surface area contributed by atoms with E-state index in [1.165, 1.54) is 19.9 Å². The molecule has 1 aliphatic heterocycles. The lowest BCUT2D eigenvalue weighted by molar-refractivity contribution is -0.222. The zero-order chi connectivity index (χ0) is 14.2. The molecule has 1 aromatic carbocycles. The molecule has 0 unspecified atom stereocenters. The van der Waals surface area contributed by atoms with Crippen molar-refractivity contribution in [2.75, 3.05) is 0 Å². The third-order valence-electron chi connectivity index (χ3n) is 2.41. The highest BCUT2D eigenvalue weighted by Gasteiger charge is 2.39. The topological polar surface area (TPSA) is 52.6 Å². The van der Waals surface area contributed by atoms with E-state index in [2.05, 4.69) is 31.9 Å². The standard InChI is InChI=1S/C13H10Br2O4/c1-13(2)18-11(16)8(12(17)19-13)6-7-9(14)4-3-5-10(7)15/h3-6H,1-2H3. The van der Waals surface area contributed by atoms with Crippen LogP contribution < -0.4 is 0 Å². The molecular formula is C13H10Br2O4. The first-order valence-electron chi connectivity index (χ1n) is 5.42. The molecule has 1 aliphatic rings. The molecule has 0 aliphatic carbocycles. The zero-order valence-corrected chi connectivity index (χ0v) is 13.4. The van der Waals surface area contributed by atoms with Gasteiger partial charge in [0.15, 0.2) is 0 Å². The second kappa shape index (κ2) is 5.09. The molecule has 0 atom stereocenters. The Morgan fingerprint density at radius 1 is 1.05 bits per heavy atom. The van der Waals surface area contributed by atoms with E-state index in [0.717, 1.165) is 8.95 Å².